The largest absolute Gasteiger partial charge is 0.481 e. The zero-order valence-electron chi connectivity index (χ0n) is 29.8. The summed E-state index contributed by atoms with van der Waals surface area (Å²) in [5.41, 5.74) is 0.176. The van der Waals surface area contributed by atoms with Crippen molar-refractivity contribution in [3.05, 3.63) is 0 Å². The number of hydrogen-bond acceptors (Lipinski definition) is 5. The first-order valence-electron chi connectivity index (χ1n) is 19.7. The average molecular weight is 643 g/mol. The molecule has 0 amide bonds. The van der Waals surface area contributed by atoms with Gasteiger partial charge in [0.05, 0.1) is 24.4 Å². The molecule has 18 atom stereocenters. The highest BCUT2D eigenvalue weighted by molar-refractivity contribution is 5.66. The Morgan fingerprint density at radius 2 is 1.65 bits per heavy atom. The Morgan fingerprint density at radius 1 is 0.891 bits per heavy atom. The molecule has 7 fully saturated rings. The standard InChI is InChI=1S/C40H66O6/c1-22-7-10-28-24(3)33(21-34-37(28)27(22)16-18-39(5,44)46-34)45-26-15-17-38(4)25(19-26)9-11-29-31-13-12-30(23(2)8-14-36(42)43)40(31,6)35(41)20-32(29)38/h22-35,37,41,44H,7-21H2,1-6H3,(H,42,43)/t22-,23-,24-,25?,26-,27?,28?,29?,30?,31?,32?,33?,34?,35+,37?,38?,39?,40?/m1/s1. The van der Waals surface area contributed by atoms with E-state index in [1.807, 2.05) is 6.92 Å². The third-order valence-corrected chi connectivity index (χ3v) is 16.8. The fraction of sp³-hybridized carbons (Fsp3) is 0.975. The molecule has 7 rings (SSSR count). The molecule has 6 saturated carbocycles. The van der Waals surface area contributed by atoms with Crippen LogP contribution in [0.5, 0.6) is 0 Å². The van der Waals surface area contributed by atoms with Crippen LogP contribution in [-0.4, -0.2) is 51.5 Å². The van der Waals surface area contributed by atoms with Crippen molar-refractivity contribution in [3.8, 4) is 0 Å². The quantitative estimate of drug-likeness (QED) is 0.271. The lowest BCUT2D eigenvalue weighted by atomic mass is 9.43. The number of aliphatic hydroxyl groups is 2. The summed E-state index contributed by atoms with van der Waals surface area (Å²) in [5, 5.41) is 32.4. The van der Waals surface area contributed by atoms with Crippen LogP contribution in [0.1, 0.15) is 138 Å². The van der Waals surface area contributed by atoms with Gasteiger partial charge in [-0.25, -0.2) is 0 Å². The van der Waals surface area contributed by atoms with E-state index in [1.54, 1.807) is 0 Å². The molecule has 0 aromatic rings. The van der Waals surface area contributed by atoms with Gasteiger partial charge in [0.1, 0.15) is 0 Å². The Labute approximate surface area is 279 Å². The second kappa shape index (κ2) is 12.3. The van der Waals surface area contributed by atoms with E-state index < -0.39 is 11.8 Å². The molecule has 1 saturated heterocycles. The molecular weight excluding hydrogens is 576 g/mol. The minimum atomic E-state index is -1.03. The summed E-state index contributed by atoms with van der Waals surface area (Å²) in [6.07, 6.45) is 15.8. The van der Waals surface area contributed by atoms with Gasteiger partial charge >= 0.3 is 5.97 Å². The molecule has 0 bridgehead atoms. The predicted molar refractivity (Wildman–Crippen MR) is 179 cm³/mol. The maximum Gasteiger partial charge on any atom is 0.303 e. The number of carbonyl (C=O) groups is 1. The van der Waals surface area contributed by atoms with Crippen LogP contribution in [-0.2, 0) is 14.3 Å². The minimum Gasteiger partial charge on any atom is -0.481 e. The Kier molecular flexibility index (Phi) is 9.01. The van der Waals surface area contributed by atoms with Gasteiger partial charge in [-0.05, 0) is 153 Å². The summed E-state index contributed by atoms with van der Waals surface area (Å²) in [4.78, 5) is 11.3. The van der Waals surface area contributed by atoms with Crippen molar-refractivity contribution in [3.63, 3.8) is 0 Å². The number of fused-ring (bicyclic) bond motifs is 5. The Morgan fingerprint density at radius 3 is 2.41 bits per heavy atom. The van der Waals surface area contributed by atoms with Crippen molar-refractivity contribution < 1.29 is 29.6 Å². The van der Waals surface area contributed by atoms with Crippen molar-refractivity contribution in [2.24, 2.45) is 75.9 Å². The molecule has 1 heterocycles. The maximum atomic E-state index is 11.9. The van der Waals surface area contributed by atoms with Gasteiger partial charge in [-0.2, -0.15) is 0 Å². The van der Waals surface area contributed by atoms with E-state index in [-0.39, 0.29) is 35.6 Å². The lowest BCUT2D eigenvalue weighted by Crippen LogP contribution is -2.59. The normalized spacial score (nSPS) is 55.7. The first-order chi connectivity index (χ1) is 21.7. The lowest BCUT2D eigenvalue weighted by molar-refractivity contribution is -0.254. The fourth-order valence-corrected chi connectivity index (χ4v) is 14.3. The minimum absolute atomic E-state index is 0.0851. The molecule has 6 nitrogen and oxygen atoms in total. The zero-order valence-corrected chi connectivity index (χ0v) is 29.8. The molecule has 262 valence electrons. The van der Waals surface area contributed by atoms with Crippen LogP contribution in [0.4, 0.5) is 0 Å². The molecule has 46 heavy (non-hydrogen) atoms. The monoisotopic (exact) mass is 642 g/mol. The van der Waals surface area contributed by atoms with Crippen LogP contribution < -0.4 is 0 Å². The van der Waals surface area contributed by atoms with Gasteiger partial charge in [0.15, 0.2) is 5.79 Å². The smallest absolute Gasteiger partial charge is 0.303 e. The lowest BCUT2D eigenvalue weighted by Gasteiger charge is -2.62. The van der Waals surface area contributed by atoms with Crippen molar-refractivity contribution in [2.75, 3.05) is 0 Å². The van der Waals surface area contributed by atoms with E-state index in [1.165, 1.54) is 38.5 Å². The highest BCUT2D eigenvalue weighted by atomic mass is 16.6. The first kappa shape index (κ1) is 33.8. The fourth-order valence-electron chi connectivity index (χ4n) is 14.3. The highest BCUT2D eigenvalue weighted by Gasteiger charge is 2.64. The van der Waals surface area contributed by atoms with Gasteiger partial charge in [-0.1, -0.05) is 41.0 Å². The van der Waals surface area contributed by atoms with Crippen LogP contribution in [0.15, 0.2) is 0 Å². The summed E-state index contributed by atoms with van der Waals surface area (Å²) in [5.74, 6) is 4.57. The van der Waals surface area contributed by atoms with Gasteiger partial charge in [-0.3, -0.25) is 4.79 Å². The molecule has 6 heteroatoms. The number of aliphatic hydroxyl groups excluding tert-OH is 1. The van der Waals surface area contributed by atoms with Gasteiger partial charge in [-0.15, -0.1) is 0 Å². The van der Waals surface area contributed by atoms with Gasteiger partial charge < -0.3 is 24.8 Å². The van der Waals surface area contributed by atoms with Crippen LogP contribution in [0.2, 0.25) is 0 Å². The van der Waals surface area contributed by atoms with Crippen molar-refractivity contribution in [1.29, 1.82) is 0 Å². The molecule has 7 aliphatic rings. The van der Waals surface area contributed by atoms with Gasteiger partial charge in [0.2, 0.25) is 0 Å². The number of ether oxygens (including phenoxy) is 2. The maximum absolute atomic E-state index is 11.9. The third-order valence-electron chi connectivity index (χ3n) is 16.8. The molecule has 13 unspecified atom stereocenters. The van der Waals surface area contributed by atoms with Crippen molar-refractivity contribution >= 4 is 5.97 Å². The molecular formula is C40H66O6. The van der Waals surface area contributed by atoms with E-state index in [0.29, 0.717) is 71.2 Å². The topological polar surface area (TPSA) is 96.2 Å². The summed E-state index contributed by atoms with van der Waals surface area (Å²) >= 11 is 0. The Bertz CT molecular complexity index is 1120. The molecule has 6 aliphatic carbocycles. The SMILES string of the molecule is C[C@H]1C(O[C@@H]2CCC3(C)C(CCC4C3C[C@H](O)C3(C)C4CCC3[C@H](C)CCC(=O)O)C2)CC2OC(C)(O)CCC3C2C1CC[C@H]3C. The number of hydrogen-bond donors (Lipinski definition) is 3. The summed E-state index contributed by atoms with van der Waals surface area (Å²) in [6.45, 7) is 13.9. The average Bonchev–Trinajstić information content (AvgIpc) is 3.29. The highest BCUT2D eigenvalue weighted by Crippen LogP contribution is 2.68. The van der Waals surface area contributed by atoms with E-state index in [0.717, 1.165) is 51.4 Å². The molecule has 0 aromatic heterocycles. The number of carboxylic acids is 1. The zero-order chi connectivity index (χ0) is 32.8. The Balaban J connectivity index is 1.03. The van der Waals surface area contributed by atoms with Crippen molar-refractivity contribution in [2.45, 2.75) is 168 Å². The van der Waals surface area contributed by atoms with E-state index in [2.05, 4.69) is 34.6 Å². The number of carboxylic acid groups (broad SMARTS) is 1. The third kappa shape index (κ3) is 5.54. The molecule has 1 aliphatic heterocycles. The number of aliphatic carboxylic acids is 1. The second-order valence-electron chi connectivity index (χ2n) is 18.9. The van der Waals surface area contributed by atoms with Gasteiger partial charge in [0, 0.05) is 19.3 Å². The number of rotatable bonds is 6. The summed E-state index contributed by atoms with van der Waals surface area (Å²) < 4.78 is 13.7. The molecule has 0 radical (unpaired) electrons. The van der Waals surface area contributed by atoms with Crippen LogP contribution in [0, 0.1) is 75.9 Å². The first-order valence-corrected chi connectivity index (χ1v) is 19.7. The molecule has 3 N–H and O–H groups in total. The van der Waals surface area contributed by atoms with E-state index in [4.69, 9.17) is 9.47 Å². The molecule has 0 spiro atoms. The predicted octanol–water partition coefficient (Wildman–Crippen LogP) is 8.08. The molecule has 0 aromatic carbocycles. The van der Waals surface area contributed by atoms with Crippen LogP contribution in [0.25, 0.3) is 0 Å². The Hall–Kier alpha value is -0.690. The summed E-state index contributed by atoms with van der Waals surface area (Å²) in [7, 11) is 0. The van der Waals surface area contributed by atoms with Crippen molar-refractivity contribution in [1.82, 2.24) is 0 Å². The van der Waals surface area contributed by atoms with E-state index in [9.17, 15) is 20.1 Å². The van der Waals surface area contributed by atoms with Crippen LogP contribution in [0.3, 0.4) is 0 Å². The van der Waals surface area contributed by atoms with Gasteiger partial charge in [0.25, 0.3) is 0 Å². The van der Waals surface area contributed by atoms with E-state index >= 15 is 0 Å². The van der Waals surface area contributed by atoms with Crippen LogP contribution >= 0.6 is 0 Å². The second-order valence-corrected chi connectivity index (χ2v) is 18.9. The summed E-state index contributed by atoms with van der Waals surface area (Å²) in [6, 6.07) is 0.